The Bertz CT molecular complexity index is 622. The van der Waals surface area contributed by atoms with Gasteiger partial charge in [0.2, 0.25) is 0 Å². The van der Waals surface area contributed by atoms with E-state index >= 15 is 0 Å². The van der Waals surface area contributed by atoms with Crippen LogP contribution in [0.3, 0.4) is 0 Å². The van der Waals surface area contributed by atoms with Crippen LogP contribution in [0.25, 0.3) is 12.2 Å². The minimum atomic E-state index is -0.479. The summed E-state index contributed by atoms with van der Waals surface area (Å²) in [6.45, 7) is 1.30. The third-order valence-electron chi connectivity index (χ3n) is 3.55. The number of hydrogen-bond acceptors (Lipinski definition) is 3. The van der Waals surface area contributed by atoms with Crippen molar-refractivity contribution in [2.45, 2.75) is 6.82 Å². The summed E-state index contributed by atoms with van der Waals surface area (Å²) in [6.07, 6.45) is 4.11. The van der Waals surface area contributed by atoms with Gasteiger partial charge in [-0.05, 0) is 40.9 Å². The number of hydrogen-bond donors (Lipinski definition) is 1. The third kappa shape index (κ3) is 4.15. The molecule has 0 atom stereocenters. The van der Waals surface area contributed by atoms with E-state index in [1.807, 2.05) is 55.4 Å². The molecule has 22 heavy (non-hydrogen) atoms. The summed E-state index contributed by atoms with van der Waals surface area (Å²) in [5, 5.41) is 9.84. The number of ether oxygens (including phenoxy) is 1. The van der Waals surface area contributed by atoms with Crippen LogP contribution in [0, 0.1) is 0 Å². The zero-order chi connectivity index (χ0) is 16.1. The number of nitrogens with zero attached hydrogens (tertiary/aromatic N) is 1. The molecule has 0 aromatic heterocycles. The van der Waals surface area contributed by atoms with Crippen molar-refractivity contribution in [3.05, 3.63) is 53.6 Å². The first kappa shape index (κ1) is 16.2. The van der Waals surface area contributed by atoms with Gasteiger partial charge in [-0.1, -0.05) is 37.2 Å². The highest BCUT2D eigenvalue weighted by molar-refractivity contribution is 6.64. The molecular weight excluding hydrogens is 273 g/mol. The molecule has 0 fully saturated rings. The second-order valence-electron chi connectivity index (χ2n) is 5.53. The van der Waals surface area contributed by atoms with Gasteiger partial charge >= 0.3 is 6.92 Å². The van der Waals surface area contributed by atoms with E-state index in [-0.39, 0.29) is 0 Å². The highest BCUT2D eigenvalue weighted by atomic mass is 16.5. The van der Waals surface area contributed by atoms with Crippen molar-refractivity contribution in [2.24, 2.45) is 0 Å². The average molecular weight is 295 g/mol. The second-order valence-corrected chi connectivity index (χ2v) is 5.53. The van der Waals surface area contributed by atoms with Crippen LogP contribution in [-0.2, 0) is 0 Å². The van der Waals surface area contributed by atoms with Gasteiger partial charge in [-0.15, -0.1) is 0 Å². The van der Waals surface area contributed by atoms with Gasteiger partial charge < -0.3 is 14.7 Å². The topological polar surface area (TPSA) is 32.7 Å². The Kier molecular flexibility index (Phi) is 5.28. The molecule has 0 saturated carbocycles. The van der Waals surface area contributed by atoms with E-state index in [9.17, 15) is 5.02 Å². The van der Waals surface area contributed by atoms with E-state index in [1.165, 1.54) is 0 Å². The lowest BCUT2D eigenvalue weighted by atomic mass is 9.64. The lowest BCUT2D eigenvalue weighted by Gasteiger charge is -2.15. The maximum atomic E-state index is 9.84. The van der Waals surface area contributed by atoms with Gasteiger partial charge in [-0.2, -0.15) is 0 Å². The fourth-order valence-electron chi connectivity index (χ4n) is 2.16. The quantitative estimate of drug-likeness (QED) is 0.680. The van der Waals surface area contributed by atoms with Gasteiger partial charge in [0.05, 0.1) is 7.11 Å². The smallest absolute Gasteiger partial charge is 0.320 e. The molecule has 0 radical (unpaired) electrons. The van der Waals surface area contributed by atoms with Crippen molar-refractivity contribution in [1.82, 2.24) is 0 Å². The van der Waals surface area contributed by atoms with Crippen molar-refractivity contribution in [1.29, 1.82) is 0 Å². The van der Waals surface area contributed by atoms with Gasteiger partial charge in [-0.3, -0.25) is 0 Å². The number of methoxy groups -OCH3 is 1. The van der Waals surface area contributed by atoms with Crippen LogP contribution < -0.4 is 15.1 Å². The van der Waals surface area contributed by atoms with Crippen molar-refractivity contribution >= 4 is 30.2 Å². The summed E-state index contributed by atoms with van der Waals surface area (Å²) in [7, 11) is 5.66. The zero-order valence-corrected chi connectivity index (χ0v) is 13.6. The van der Waals surface area contributed by atoms with E-state index in [4.69, 9.17) is 4.74 Å². The summed E-state index contributed by atoms with van der Waals surface area (Å²) in [5.74, 6) is 0.850. The summed E-state index contributed by atoms with van der Waals surface area (Å²) >= 11 is 0. The SMILES string of the molecule is COc1ccc(/C=C/c2cc(B(C)O)cc(N(C)C)c2)cc1. The first-order valence-corrected chi connectivity index (χ1v) is 7.32. The minimum absolute atomic E-state index is 0.479. The molecule has 0 aliphatic rings. The molecule has 0 bridgehead atoms. The standard InChI is InChI=1S/C18H22BNO2/c1-19(21)16-11-15(12-17(13-16)20(2)3)6-5-14-7-9-18(22-4)10-8-14/h5-13,21H,1-4H3/b6-5+. The molecule has 0 aliphatic carbocycles. The number of rotatable bonds is 5. The summed E-state index contributed by atoms with van der Waals surface area (Å²) in [4.78, 5) is 2.04. The molecule has 3 nitrogen and oxygen atoms in total. The van der Waals surface area contributed by atoms with Crippen LogP contribution in [0.5, 0.6) is 5.75 Å². The number of anilines is 1. The molecule has 114 valence electrons. The Morgan fingerprint density at radius 3 is 2.18 bits per heavy atom. The molecule has 0 saturated heterocycles. The van der Waals surface area contributed by atoms with Gasteiger partial charge in [0, 0.05) is 19.8 Å². The van der Waals surface area contributed by atoms with Crippen LogP contribution in [0.1, 0.15) is 11.1 Å². The lowest BCUT2D eigenvalue weighted by molar-refractivity contribution is 0.415. The highest BCUT2D eigenvalue weighted by Crippen LogP contribution is 2.17. The third-order valence-corrected chi connectivity index (χ3v) is 3.55. The minimum Gasteiger partial charge on any atom is -0.497 e. The molecule has 0 spiro atoms. The lowest BCUT2D eigenvalue weighted by Crippen LogP contribution is -2.27. The van der Waals surface area contributed by atoms with Crippen molar-refractivity contribution in [3.8, 4) is 5.75 Å². The normalized spacial score (nSPS) is 10.8. The van der Waals surface area contributed by atoms with Crippen LogP contribution in [0.2, 0.25) is 6.82 Å². The molecule has 1 N–H and O–H groups in total. The van der Waals surface area contributed by atoms with Crippen molar-refractivity contribution in [3.63, 3.8) is 0 Å². The Hall–Kier alpha value is -2.20. The Balaban J connectivity index is 2.28. The molecule has 2 aromatic carbocycles. The molecule has 4 heteroatoms. The molecule has 0 unspecified atom stereocenters. The first-order valence-electron chi connectivity index (χ1n) is 7.32. The van der Waals surface area contributed by atoms with E-state index in [1.54, 1.807) is 13.9 Å². The fourth-order valence-corrected chi connectivity index (χ4v) is 2.16. The Morgan fingerprint density at radius 2 is 1.64 bits per heavy atom. The van der Waals surface area contributed by atoms with Crippen LogP contribution in [-0.4, -0.2) is 33.1 Å². The van der Waals surface area contributed by atoms with Crippen molar-refractivity contribution in [2.75, 3.05) is 26.1 Å². The number of benzene rings is 2. The molecule has 2 aromatic rings. The van der Waals surface area contributed by atoms with Crippen LogP contribution in [0.15, 0.2) is 42.5 Å². The summed E-state index contributed by atoms with van der Waals surface area (Å²) in [5.41, 5.74) is 4.17. The predicted molar refractivity (Wildman–Crippen MR) is 96.2 cm³/mol. The van der Waals surface area contributed by atoms with Gasteiger partial charge in [0.1, 0.15) is 5.75 Å². The zero-order valence-electron chi connectivity index (χ0n) is 13.6. The Labute approximate surface area is 133 Å². The molecule has 0 aliphatic heterocycles. The first-order chi connectivity index (χ1) is 10.5. The summed E-state index contributed by atoms with van der Waals surface area (Å²) < 4.78 is 5.16. The summed E-state index contributed by atoms with van der Waals surface area (Å²) in [6, 6.07) is 14.0. The molecule has 0 amide bonds. The highest BCUT2D eigenvalue weighted by Gasteiger charge is 2.09. The molecule has 2 rings (SSSR count). The maximum Gasteiger partial charge on any atom is 0.320 e. The Morgan fingerprint density at radius 1 is 1.00 bits per heavy atom. The average Bonchev–Trinajstić information content (AvgIpc) is 2.53. The maximum absolute atomic E-state index is 9.84. The second kappa shape index (κ2) is 7.18. The largest absolute Gasteiger partial charge is 0.497 e. The van der Waals surface area contributed by atoms with E-state index in [0.29, 0.717) is 0 Å². The van der Waals surface area contributed by atoms with Crippen LogP contribution in [0.4, 0.5) is 5.69 Å². The van der Waals surface area contributed by atoms with Crippen molar-refractivity contribution < 1.29 is 9.76 Å². The van der Waals surface area contributed by atoms with E-state index in [2.05, 4.69) is 18.2 Å². The van der Waals surface area contributed by atoms with E-state index < -0.39 is 6.92 Å². The fraction of sp³-hybridized carbons (Fsp3) is 0.222. The van der Waals surface area contributed by atoms with Gasteiger partial charge in [0.15, 0.2) is 0 Å². The molecule has 0 heterocycles. The van der Waals surface area contributed by atoms with Crippen LogP contribution >= 0.6 is 0 Å². The van der Waals surface area contributed by atoms with Gasteiger partial charge in [0.25, 0.3) is 0 Å². The predicted octanol–water partition coefficient (Wildman–Crippen LogP) is 2.75. The van der Waals surface area contributed by atoms with Gasteiger partial charge in [-0.25, -0.2) is 0 Å². The van der Waals surface area contributed by atoms with E-state index in [0.717, 1.165) is 28.0 Å². The molecular formula is C18H22BNO2. The monoisotopic (exact) mass is 295 g/mol.